The van der Waals surface area contributed by atoms with Crippen LogP contribution < -0.4 is 4.90 Å². The van der Waals surface area contributed by atoms with Gasteiger partial charge in [0.2, 0.25) is 0 Å². The third kappa shape index (κ3) is 2.80. The summed E-state index contributed by atoms with van der Waals surface area (Å²) in [5, 5.41) is 8.58. The Bertz CT molecular complexity index is 1330. The molecule has 6 heterocycles. The molecule has 0 radical (unpaired) electrons. The van der Waals surface area contributed by atoms with Gasteiger partial charge in [0.15, 0.2) is 11.6 Å². The highest BCUT2D eigenvalue weighted by atomic mass is 15.2. The third-order valence-corrected chi connectivity index (χ3v) is 5.68. The molecule has 5 aromatic heterocycles. The molecular formula is C22H20N8. The lowest BCUT2D eigenvalue weighted by molar-refractivity contribution is 0.574. The highest BCUT2D eigenvalue weighted by molar-refractivity contribution is 5.96. The Kier molecular flexibility index (Phi) is 3.93. The number of anilines is 1. The van der Waals surface area contributed by atoms with Crippen LogP contribution in [0.1, 0.15) is 19.3 Å². The zero-order valence-electron chi connectivity index (χ0n) is 16.3. The Morgan fingerprint density at radius 1 is 0.900 bits per heavy atom. The molecule has 0 aliphatic carbocycles. The number of imidazole rings is 1. The summed E-state index contributed by atoms with van der Waals surface area (Å²) in [6.07, 6.45) is 10.9. The van der Waals surface area contributed by atoms with Crippen molar-refractivity contribution in [2.24, 2.45) is 0 Å². The van der Waals surface area contributed by atoms with E-state index < -0.39 is 0 Å². The second-order valence-electron chi connectivity index (χ2n) is 7.59. The summed E-state index contributed by atoms with van der Waals surface area (Å²) >= 11 is 0. The second-order valence-corrected chi connectivity index (χ2v) is 7.59. The standard InChI is InChI=1S/C22H20N8/c1-2-10-30(11-3-1)22-20-16(6-9-24-22)26-21(27-20)19-15-12-17(14-4-7-23-8-5-14)25-13-18(15)28-29-19/h4-9,12-13H,1-3,10-11H2,(H,26,27)(H,28,29). The first-order valence-electron chi connectivity index (χ1n) is 10.2. The lowest BCUT2D eigenvalue weighted by atomic mass is 10.1. The molecule has 6 rings (SSSR count). The fourth-order valence-corrected chi connectivity index (χ4v) is 4.15. The number of aromatic amines is 2. The van der Waals surface area contributed by atoms with E-state index in [9.17, 15) is 0 Å². The molecule has 8 nitrogen and oxygen atoms in total. The van der Waals surface area contributed by atoms with Crippen LogP contribution in [-0.4, -0.2) is 48.2 Å². The molecule has 1 aliphatic rings. The molecular weight excluding hydrogens is 376 g/mol. The molecule has 1 fully saturated rings. The number of nitrogens with zero attached hydrogens (tertiary/aromatic N) is 6. The fraction of sp³-hybridized carbons (Fsp3) is 0.227. The molecule has 0 atom stereocenters. The number of hydrogen-bond acceptors (Lipinski definition) is 6. The molecule has 0 aromatic carbocycles. The lowest BCUT2D eigenvalue weighted by Gasteiger charge is -2.27. The van der Waals surface area contributed by atoms with E-state index in [1.54, 1.807) is 12.4 Å². The smallest absolute Gasteiger partial charge is 0.159 e. The quantitative estimate of drug-likeness (QED) is 0.479. The highest BCUT2D eigenvalue weighted by Gasteiger charge is 2.19. The predicted octanol–water partition coefficient (Wildman–Crippen LogP) is 3.95. The van der Waals surface area contributed by atoms with Crippen molar-refractivity contribution in [1.82, 2.24) is 35.1 Å². The van der Waals surface area contributed by atoms with Gasteiger partial charge in [0, 0.05) is 42.6 Å². The molecule has 1 saturated heterocycles. The van der Waals surface area contributed by atoms with E-state index in [4.69, 9.17) is 4.98 Å². The summed E-state index contributed by atoms with van der Waals surface area (Å²) in [4.78, 5) is 24.0. The largest absolute Gasteiger partial charge is 0.355 e. The molecule has 1 aliphatic heterocycles. The van der Waals surface area contributed by atoms with Crippen LogP contribution >= 0.6 is 0 Å². The second kappa shape index (κ2) is 6.91. The van der Waals surface area contributed by atoms with Crippen molar-refractivity contribution in [2.45, 2.75) is 19.3 Å². The Hall–Kier alpha value is -3.81. The van der Waals surface area contributed by atoms with Gasteiger partial charge in [-0.15, -0.1) is 0 Å². The van der Waals surface area contributed by atoms with Gasteiger partial charge in [-0.25, -0.2) is 9.97 Å². The number of aromatic nitrogens is 7. The third-order valence-electron chi connectivity index (χ3n) is 5.68. The van der Waals surface area contributed by atoms with Gasteiger partial charge in [0.25, 0.3) is 0 Å². The average Bonchev–Trinajstić information content (AvgIpc) is 3.43. The molecule has 5 aromatic rings. The van der Waals surface area contributed by atoms with Crippen LogP contribution in [0, 0.1) is 0 Å². The minimum Gasteiger partial charge on any atom is -0.355 e. The molecule has 8 heteroatoms. The van der Waals surface area contributed by atoms with Crippen LogP contribution in [-0.2, 0) is 0 Å². The molecule has 0 unspecified atom stereocenters. The van der Waals surface area contributed by atoms with Crippen LogP contribution in [0.5, 0.6) is 0 Å². The van der Waals surface area contributed by atoms with Crippen molar-refractivity contribution in [3.05, 3.63) is 49.1 Å². The normalized spacial score (nSPS) is 14.6. The van der Waals surface area contributed by atoms with Crippen LogP contribution in [0.3, 0.4) is 0 Å². The number of nitrogens with one attached hydrogen (secondary N) is 2. The number of piperidine rings is 1. The highest BCUT2D eigenvalue weighted by Crippen LogP contribution is 2.31. The van der Waals surface area contributed by atoms with E-state index in [1.165, 1.54) is 19.3 Å². The van der Waals surface area contributed by atoms with Gasteiger partial charge in [-0.2, -0.15) is 5.10 Å². The first-order chi connectivity index (χ1) is 14.9. The minimum absolute atomic E-state index is 0.731. The van der Waals surface area contributed by atoms with Gasteiger partial charge in [0.1, 0.15) is 11.2 Å². The number of rotatable bonds is 3. The zero-order valence-corrected chi connectivity index (χ0v) is 16.3. The van der Waals surface area contributed by atoms with Crippen LogP contribution in [0.4, 0.5) is 5.82 Å². The molecule has 148 valence electrons. The minimum atomic E-state index is 0.731. The van der Waals surface area contributed by atoms with Crippen molar-refractivity contribution in [1.29, 1.82) is 0 Å². The molecule has 0 amide bonds. The Labute approximate surface area is 172 Å². The molecule has 0 spiro atoms. The van der Waals surface area contributed by atoms with Gasteiger partial charge in [-0.3, -0.25) is 15.1 Å². The summed E-state index contributed by atoms with van der Waals surface area (Å²) in [7, 11) is 0. The maximum absolute atomic E-state index is 4.91. The van der Waals surface area contributed by atoms with Crippen LogP contribution in [0.15, 0.2) is 49.1 Å². The molecule has 0 saturated carbocycles. The topological polar surface area (TPSA) is 99.3 Å². The van der Waals surface area contributed by atoms with Gasteiger partial charge in [-0.05, 0) is 43.5 Å². The van der Waals surface area contributed by atoms with E-state index in [2.05, 4.69) is 35.0 Å². The van der Waals surface area contributed by atoms with E-state index in [0.717, 1.165) is 63.6 Å². The van der Waals surface area contributed by atoms with E-state index in [-0.39, 0.29) is 0 Å². The number of hydrogen-bond donors (Lipinski definition) is 2. The summed E-state index contributed by atoms with van der Waals surface area (Å²) in [5.74, 6) is 1.68. The van der Waals surface area contributed by atoms with Crippen LogP contribution in [0.25, 0.3) is 44.7 Å². The van der Waals surface area contributed by atoms with E-state index in [0.29, 0.717) is 0 Å². The summed E-state index contributed by atoms with van der Waals surface area (Å²) < 4.78 is 0. The number of pyridine rings is 3. The van der Waals surface area contributed by atoms with E-state index in [1.807, 2.05) is 36.7 Å². The monoisotopic (exact) mass is 396 g/mol. The predicted molar refractivity (Wildman–Crippen MR) is 116 cm³/mol. The molecule has 30 heavy (non-hydrogen) atoms. The van der Waals surface area contributed by atoms with Crippen molar-refractivity contribution >= 4 is 27.8 Å². The van der Waals surface area contributed by atoms with Gasteiger partial charge in [-0.1, -0.05) is 0 Å². The van der Waals surface area contributed by atoms with Gasteiger partial charge >= 0.3 is 0 Å². The Balaban J connectivity index is 1.47. The maximum Gasteiger partial charge on any atom is 0.159 e. The molecule has 2 N–H and O–H groups in total. The van der Waals surface area contributed by atoms with Gasteiger partial charge < -0.3 is 9.88 Å². The Morgan fingerprint density at radius 2 is 1.77 bits per heavy atom. The van der Waals surface area contributed by atoms with Crippen molar-refractivity contribution in [3.8, 4) is 22.8 Å². The summed E-state index contributed by atoms with van der Waals surface area (Å²) in [6, 6.07) is 7.91. The van der Waals surface area contributed by atoms with Crippen molar-refractivity contribution in [3.63, 3.8) is 0 Å². The van der Waals surface area contributed by atoms with Gasteiger partial charge in [0.05, 0.1) is 22.9 Å². The summed E-state index contributed by atoms with van der Waals surface area (Å²) in [5.41, 5.74) is 5.41. The van der Waals surface area contributed by atoms with Crippen molar-refractivity contribution in [2.75, 3.05) is 18.0 Å². The van der Waals surface area contributed by atoms with E-state index >= 15 is 0 Å². The SMILES string of the molecule is c1cc(-c2cc3c(-c4nc5c(N6CCCCC6)nccc5[nH]4)n[nH]c3cn2)ccn1. The number of fused-ring (bicyclic) bond motifs is 2. The Morgan fingerprint density at radius 3 is 2.63 bits per heavy atom. The van der Waals surface area contributed by atoms with Crippen molar-refractivity contribution < 1.29 is 0 Å². The van der Waals surface area contributed by atoms with Crippen LogP contribution in [0.2, 0.25) is 0 Å². The lowest BCUT2D eigenvalue weighted by Crippen LogP contribution is -2.30. The zero-order chi connectivity index (χ0) is 19.9. The fourth-order valence-electron chi connectivity index (χ4n) is 4.15. The maximum atomic E-state index is 4.91. The summed E-state index contributed by atoms with van der Waals surface area (Å²) in [6.45, 7) is 2.06. The first kappa shape index (κ1) is 17.1. The molecule has 0 bridgehead atoms. The average molecular weight is 396 g/mol. The first-order valence-corrected chi connectivity index (χ1v) is 10.2. The number of H-pyrrole nitrogens is 2.